The monoisotopic (exact) mass is 489 g/mol. The van der Waals surface area contributed by atoms with Crippen LogP contribution in [0.5, 0.6) is 11.5 Å². The largest absolute Gasteiger partial charge is 0.493 e. The van der Waals surface area contributed by atoms with E-state index in [4.69, 9.17) is 25.5 Å². The molecule has 0 fully saturated rings. The number of ether oxygens (including phenoxy) is 2. The van der Waals surface area contributed by atoms with E-state index in [0.29, 0.717) is 46.0 Å². The molecule has 1 unspecified atom stereocenters. The van der Waals surface area contributed by atoms with Crippen molar-refractivity contribution in [3.05, 3.63) is 104 Å². The van der Waals surface area contributed by atoms with Crippen LogP contribution in [-0.4, -0.2) is 31.6 Å². The second-order valence-corrected chi connectivity index (χ2v) is 9.00. The Hall–Kier alpha value is -3.77. The number of nitrogens with zero attached hydrogens (tertiary/aromatic N) is 1. The molecule has 0 N–H and O–H groups in total. The van der Waals surface area contributed by atoms with Gasteiger partial charge in [0.15, 0.2) is 16.9 Å². The second kappa shape index (κ2) is 9.12. The van der Waals surface area contributed by atoms with Crippen molar-refractivity contribution < 1.29 is 18.7 Å². The van der Waals surface area contributed by atoms with Crippen molar-refractivity contribution in [2.45, 2.75) is 19.4 Å². The first-order chi connectivity index (χ1) is 16.9. The summed E-state index contributed by atoms with van der Waals surface area (Å²) in [6, 6.07) is 17.8. The minimum absolute atomic E-state index is 0.0858. The number of halogens is 1. The lowest BCUT2D eigenvalue weighted by Crippen LogP contribution is -2.31. The number of amides is 1. The fourth-order valence-corrected chi connectivity index (χ4v) is 4.78. The average molecular weight is 490 g/mol. The zero-order valence-corrected chi connectivity index (χ0v) is 20.4. The number of carbonyl (C=O) groups is 1. The van der Waals surface area contributed by atoms with Gasteiger partial charge in [-0.25, -0.2) is 0 Å². The number of hydrogen-bond donors (Lipinski definition) is 0. The summed E-state index contributed by atoms with van der Waals surface area (Å²) in [5.41, 5.74) is 3.37. The van der Waals surface area contributed by atoms with E-state index in [-0.39, 0.29) is 17.1 Å². The standard InChI is InChI=1S/C28H24ClNO5/c1-16-4-7-18(8-5-16)25-24-26(31)20-15-19(29)9-11-21(20)35-27(24)28(32)30(25)13-12-17-6-10-22(33-2)23(14-17)34-3/h4-11,14-15,25H,12-13H2,1-3H3. The Kier molecular flexibility index (Phi) is 5.99. The molecule has 4 aromatic rings. The van der Waals surface area contributed by atoms with Gasteiger partial charge in [0.25, 0.3) is 5.91 Å². The highest BCUT2D eigenvalue weighted by atomic mass is 35.5. The Morgan fingerprint density at radius 2 is 1.69 bits per heavy atom. The van der Waals surface area contributed by atoms with E-state index in [0.717, 1.165) is 16.7 Å². The Morgan fingerprint density at radius 1 is 0.943 bits per heavy atom. The molecule has 6 nitrogen and oxygen atoms in total. The van der Waals surface area contributed by atoms with Crippen molar-refractivity contribution in [2.24, 2.45) is 0 Å². The Balaban J connectivity index is 1.58. The molecule has 35 heavy (non-hydrogen) atoms. The van der Waals surface area contributed by atoms with Gasteiger partial charge in [-0.1, -0.05) is 47.5 Å². The third-order valence-corrected chi connectivity index (χ3v) is 6.65. The van der Waals surface area contributed by atoms with E-state index >= 15 is 0 Å². The van der Waals surface area contributed by atoms with Crippen molar-refractivity contribution in [1.82, 2.24) is 4.90 Å². The molecule has 0 aliphatic carbocycles. The zero-order chi connectivity index (χ0) is 24.7. The van der Waals surface area contributed by atoms with Gasteiger partial charge < -0.3 is 18.8 Å². The molecule has 0 spiro atoms. The van der Waals surface area contributed by atoms with Crippen molar-refractivity contribution in [3.8, 4) is 11.5 Å². The highest BCUT2D eigenvalue weighted by Gasteiger charge is 2.42. The predicted octanol–water partition coefficient (Wildman–Crippen LogP) is 5.56. The maximum Gasteiger partial charge on any atom is 0.290 e. The first-order valence-electron chi connectivity index (χ1n) is 11.3. The van der Waals surface area contributed by atoms with E-state index in [2.05, 4.69) is 0 Å². The van der Waals surface area contributed by atoms with Crippen molar-refractivity contribution in [1.29, 1.82) is 0 Å². The van der Waals surface area contributed by atoms with Crippen molar-refractivity contribution in [3.63, 3.8) is 0 Å². The number of methoxy groups -OCH3 is 2. The van der Waals surface area contributed by atoms with Crippen LogP contribution in [0.4, 0.5) is 0 Å². The fraction of sp³-hybridized carbons (Fsp3) is 0.214. The highest BCUT2D eigenvalue weighted by molar-refractivity contribution is 6.31. The van der Waals surface area contributed by atoms with E-state index in [1.165, 1.54) is 0 Å². The molecule has 1 amide bonds. The van der Waals surface area contributed by atoms with E-state index in [1.54, 1.807) is 37.3 Å². The maximum absolute atomic E-state index is 13.6. The zero-order valence-electron chi connectivity index (χ0n) is 19.6. The number of fused-ring (bicyclic) bond motifs is 2. The lowest BCUT2D eigenvalue weighted by Gasteiger charge is -2.25. The first-order valence-corrected chi connectivity index (χ1v) is 11.6. The number of carbonyl (C=O) groups excluding carboxylic acids is 1. The summed E-state index contributed by atoms with van der Waals surface area (Å²) < 4.78 is 16.7. The van der Waals surface area contributed by atoms with Crippen LogP contribution in [0.1, 0.15) is 38.9 Å². The molecule has 2 heterocycles. The Bertz CT molecular complexity index is 1490. The summed E-state index contributed by atoms with van der Waals surface area (Å²) in [6.45, 7) is 2.38. The lowest BCUT2D eigenvalue weighted by molar-refractivity contribution is 0.0730. The van der Waals surface area contributed by atoms with Gasteiger partial charge in [0.1, 0.15) is 5.58 Å². The molecule has 0 radical (unpaired) electrons. The molecule has 0 saturated heterocycles. The van der Waals surface area contributed by atoms with Gasteiger partial charge in [0, 0.05) is 11.6 Å². The van der Waals surface area contributed by atoms with Crippen LogP contribution in [0.25, 0.3) is 11.0 Å². The van der Waals surface area contributed by atoms with Crippen LogP contribution in [0.15, 0.2) is 69.9 Å². The molecular weight excluding hydrogens is 466 g/mol. The van der Waals surface area contributed by atoms with Crippen LogP contribution < -0.4 is 14.9 Å². The van der Waals surface area contributed by atoms with Gasteiger partial charge in [0.2, 0.25) is 5.76 Å². The fourth-order valence-electron chi connectivity index (χ4n) is 4.60. The van der Waals surface area contributed by atoms with Crippen molar-refractivity contribution in [2.75, 3.05) is 20.8 Å². The molecule has 5 rings (SSSR count). The molecule has 1 aromatic heterocycles. The van der Waals surface area contributed by atoms with Gasteiger partial charge >= 0.3 is 0 Å². The molecule has 178 valence electrons. The molecule has 0 saturated carbocycles. The van der Waals surface area contributed by atoms with Crippen LogP contribution in [0, 0.1) is 6.92 Å². The van der Waals surface area contributed by atoms with Gasteiger partial charge in [-0.05, 0) is 54.8 Å². The predicted molar refractivity (Wildman–Crippen MR) is 135 cm³/mol. The molecule has 1 aliphatic rings. The minimum atomic E-state index is -0.558. The summed E-state index contributed by atoms with van der Waals surface area (Å²) in [5, 5.41) is 0.800. The summed E-state index contributed by atoms with van der Waals surface area (Å²) in [6.07, 6.45) is 0.558. The van der Waals surface area contributed by atoms with Gasteiger partial charge in [-0.15, -0.1) is 0 Å². The summed E-state index contributed by atoms with van der Waals surface area (Å²) in [5.74, 6) is 1.04. The molecule has 3 aromatic carbocycles. The van der Waals surface area contributed by atoms with Gasteiger partial charge in [0.05, 0.1) is 31.2 Å². The number of benzene rings is 3. The van der Waals surface area contributed by atoms with Gasteiger partial charge in [-0.2, -0.15) is 0 Å². The molecule has 0 bridgehead atoms. The smallest absolute Gasteiger partial charge is 0.290 e. The molecule has 7 heteroatoms. The van der Waals surface area contributed by atoms with Crippen LogP contribution in [0.3, 0.4) is 0 Å². The Labute approximate surface area is 207 Å². The van der Waals surface area contributed by atoms with E-state index in [1.807, 2.05) is 49.4 Å². The second-order valence-electron chi connectivity index (χ2n) is 8.57. The topological polar surface area (TPSA) is 69.0 Å². The number of hydrogen-bond acceptors (Lipinski definition) is 5. The van der Waals surface area contributed by atoms with Crippen molar-refractivity contribution >= 4 is 28.5 Å². The van der Waals surface area contributed by atoms with Crippen LogP contribution in [-0.2, 0) is 6.42 Å². The SMILES string of the molecule is COc1ccc(CCN2C(=O)c3oc4ccc(Cl)cc4c(=O)c3C2c2ccc(C)cc2)cc1OC. The summed E-state index contributed by atoms with van der Waals surface area (Å²) >= 11 is 6.16. The number of aryl methyl sites for hydroxylation is 1. The minimum Gasteiger partial charge on any atom is -0.493 e. The van der Waals surface area contributed by atoms with Crippen LogP contribution in [0.2, 0.25) is 5.02 Å². The molecule has 1 aliphatic heterocycles. The summed E-state index contributed by atoms with van der Waals surface area (Å²) in [7, 11) is 3.18. The summed E-state index contributed by atoms with van der Waals surface area (Å²) in [4.78, 5) is 28.9. The maximum atomic E-state index is 13.6. The van der Waals surface area contributed by atoms with Crippen LogP contribution >= 0.6 is 11.6 Å². The molecular formula is C28H24ClNO5. The number of rotatable bonds is 6. The quantitative estimate of drug-likeness (QED) is 0.354. The Morgan fingerprint density at radius 3 is 2.40 bits per heavy atom. The average Bonchev–Trinajstić information content (AvgIpc) is 3.15. The normalized spacial score (nSPS) is 14.9. The first kappa shape index (κ1) is 23.0. The van der Waals surface area contributed by atoms with Gasteiger partial charge in [-0.3, -0.25) is 9.59 Å². The third-order valence-electron chi connectivity index (χ3n) is 6.41. The third kappa shape index (κ3) is 4.04. The molecule has 1 atom stereocenters. The highest BCUT2D eigenvalue weighted by Crippen LogP contribution is 2.39. The lowest BCUT2D eigenvalue weighted by atomic mass is 9.97. The van der Waals surface area contributed by atoms with E-state index in [9.17, 15) is 9.59 Å². The van der Waals surface area contributed by atoms with E-state index < -0.39 is 6.04 Å².